The zero-order valence-corrected chi connectivity index (χ0v) is 18.0. The molecule has 0 spiro atoms. The molecule has 6 nitrogen and oxygen atoms in total. The highest BCUT2D eigenvalue weighted by Gasteiger charge is 2.29. The van der Waals surface area contributed by atoms with Crippen LogP contribution in [0.15, 0.2) is 17.3 Å². The molecule has 0 saturated carbocycles. The average Bonchev–Trinajstić information content (AvgIpc) is 3.03. The molecule has 1 aliphatic rings. The molecule has 27 heavy (non-hydrogen) atoms. The lowest BCUT2D eigenvalue weighted by Gasteiger charge is -2.27. The van der Waals surface area contributed by atoms with Crippen LogP contribution in [0.5, 0.6) is 0 Å². The van der Waals surface area contributed by atoms with Gasteiger partial charge in [-0.25, -0.2) is 0 Å². The molecule has 2 atom stereocenters. The summed E-state index contributed by atoms with van der Waals surface area (Å²) >= 11 is 0. The molecular formula is C20H41N5OS. The Morgan fingerprint density at radius 3 is 2.22 bits per heavy atom. The van der Waals surface area contributed by atoms with E-state index < -0.39 is 10.8 Å². The van der Waals surface area contributed by atoms with Crippen LogP contribution in [0.1, 0.15) is 70.6 Å². The molecule has 0 amide bonds. The fourth-order valence-electron chi connectivity index (χ4n) is 3.16. The minimum absolute atomic E-state index is 0.0978. The lowest BCUT2D eigenvalue weighted by Crippen LogP contribution is -2.42. The predicted octanol–water partition coefficient (Wildman–Crippen LogP) is 2.97. The summed E-state index contributed by atoms with van der Waals surface area (Å²) in [7, 11) is 1.07. The Balaban J connectivity index is 2.10. The van der Waals surface area contributed by atoms with Crippen LogP contribution in [0.3, 0.4) is 0 Å². The van der Waals surface area contributed by atoms with Crippen molar-refractivity contribution >= 4 is 17.1 Å². The van der Waals surface area contributed by atoms with Gasteiger partial charge in [0, 0.05) is 19.3 Å². The van der Waals surface area contributed by atoms with Gasteiger partial charge in [-0.3, -0.25) is 9.22 Å². The van der Waals surface area contributed by atoms with Crippen LogP contribution in [-0.4, -0.2) is 58.4 Å². The molecule has 0 fully saturated rings. The average molecular weight is 400 g/mol. The number of hydrogen-bond acceptors (Lipinski definition) is 6. The Bertz CT molecular complexity index is 444. The Kier molecular flexibility index (Phi) is 14.4. The minimum atomic E-state index is -0.898. The van der Waals surface area contributed by atoms with Gasteiger partial charge in [-0.2, -0.15) is 5.10 Å². The van der Waals surface area contributed by atoms with Gasteiger partial charge in [-0.1, -0.05) is 31.4 Å². The summed E-state index contributed by atoms with van der Waals surface area (Å²) in [5, 5.41) is 6.41. The monoisotopic (exact) mass is 399 g/mol. The zero-order chi connectivity index (χ0) is 19.7. The van der Waals surface area contributed by atoms with Gasteiger partial charge >= 0.3 is 0 Å². The first-order chi connectivity index (χ1) is 13.2. The lowest BCUT2D eigenvalue weighted by atomic mass is 10.1. The second-order valence-electron chi connectivity index (χ2n) is 7.28. The van der Waals surface area contributed by atoms with Crippen molar-refractivity contribution < 1.29 is 4.21 Å². The van der Waals surface area contributed by atoms with E-state index in [0.29, 0.717) is 0 Å². The van der Waals surface area contributed by atoms with Gasteiger partial charge in [0.15, 0.2) is 5.50 Å². The summed E-state index contributed by atoms with van der Waals surface area (Å²) in [4.78, 5) is 1.98. The van der Waals surface area contributed by atoms with E-state index in [2.05, 4.69) is 17.3 Å². The fourth-order valence-corrected chi connectivity index (χ4v) is 4.72. The van der Waals surface area contributed by atoms with E-state index in [0.717, 1.165) is 76.8 Å². The molecule has 1 aliphatic heterocycles. The van der Waals surface area contributed by atoms with Gasteiger partial charge in [0.1, 0.15) is 6.34 Å². The van der Waals surface area contributed by atoms with E-state index in [-0.39, 0.29) is 5.50 Å². The number of unbranched alkanes of at least 4 members (excludes halogenated alkanes) is 8. The molecule has 0 aliphatic carbocycles. The molecular weight excluding hydrogens is 358 g/mol. The first kappa shape index (κ1) is 24.1. The second-order valence-corrected chi connectivity index (χ2v) is 8.87. The number of allylic oxidation sites excluding steroid dienone is 2. The van der Waals surface area contributed by atoms with Crippen LogP contribution in [-0.2, 0) is 10.8 Å². The highest BCUT2D eigenvalue weighted by atomic mass is 32.2. The third kappa shape index (κ3) is 10.9. The smallest absolute Gasteiger partial charge is 0.195 e. The number of hydrogen-bond donors (Lipinski definition) is 2. The molecule has 4 N–H and O–H groups in total. The van der Waals surface area contributed by atoms with Crippen LogP contribution < -0.4 is 11.5 Å². The summed E-state index contributed by atoms with van der Waals surface area (Å²) < 4.78 is 12.7. The van der Waals surface area contributed by atoms with Crippen molar-refractivity contribution in [2.45, 2.75) is 76.1 Å². The summed E-state index contributed by atoms with van der Waals surface area (Å²) in [6, 6.07) is 0. The normalized spacial score (nSPS) is 18.1. The van der Waals surface area contributed by atoms with Crippen molar-refractivity contribution in [3.63, 3.8) is 0 Å². The fraction of sp³-hybridized carbons (Fsp3) is 0.850. The molecule has 0 radical (unpaired) electrons. The van der Waals surface area contributed by atoms with Crippen molar-refractivity contribution in [3.8, 4) is 0 Å². The first-order valence-electron chi connectivity index (χ1n) is 10.7. The van der Waals surface area contributed by atoms with Gasteiger partial charge < -0.3 is 16.4 Å². The highest BCUT2D eigenvalue weighted by molar-refractivity contribution is 7.85. The maximum absolute atomic E-state index is 12.7. The van der Waals surface area contributed by atoms with E-state index in [4.69, 9.17) is 11.5 Å². The van der Waals surface area contributed by atoms with E-state index >= 15 is 0 Å². The molecule has 0 bridgehead atoms. The van der Waals surface area contributed by atoms with Crippen molar-refractivity contribution in [1.82, 2.24) is 9.91 Å². The third-order valence-corrected chi connectivity index (χ3v) is 6.51. The van der Waals surface area contributed by atoms with Crippen molar-refractivity contribution in [1.29, 1.82) is 0 Å². The Morgan fingerprint density at radius 2 is 1.52 bits per heavy atom. The second kappa shape index (κ2) is 16.1. The van der Waals surface area contributed by atoms with Crippen LogP contribution >= 0.6 is 0 Å². The molecule has 0 aromatic carbocycles. The third-order valence-electron chi connectivity index (χ3n) is 4.77. The maximum Gasteiger partial charge on any atom is 0.195 e. The quantitative estimate of drug-likeness (QED) is 0.290. The summed E-state index contributed by atoms with van der Waals surface area (Å²) in [6.07, 6.45) is 18.8. The number of rotatable bonds is 17. The van der Waals surface area contributed by atoms with Gasteiger partial charge in [-0.15, -0.1) is 0 Å². The standard InChI is InChI=1S/C20H41N5OS/c1-24-19-23-25(17-13-10-12-16-22)20(24)27(26)18-14-9-7-5-3-2-4-6-8-11-15-21/h2,4,19-20H,3,5-18,21-22H2,1H3/b4-2-. The van der Waals surface area contributed by atoms with Gasteiger partial charge in [0.2, 0.25) is 0 Å². The van der Waals surface area contributed by atoms with Gasteiger partial charge in [-0.05, 0) is 64.5 Å². The molecule has 0 aromatic rings. The van der Waals surface area contributed by atoms with E-state index in [1.165, 1.54) is 19.3 Å². The van der Waals surface area contributed by atoms with Crippen molar-refractivity contribution in [2.75, 3.05) is 32.4 Å². The molecule has 2 unspecified atom stereocenters. The van der Waals surface area contributed by atoms with Crippen LogP contribution in [0.4, 0.5) is 0 Å². The van der Waals surface area contributed by atoms with E-state index in [9.17, 15) is 4.21 Å². The van der Waals surface area contributed by atoms with E-state index in [1.807, 2.05) is 17.0 Å². The Hall–Kier alpha value is -0.920. The van der Waals surface area contributed by atoms with Gasteiger partial charge in [0.05, 0.1) is 10.8 Å². The molecule has 1 rings (SSSR count). The zero-order valence-electron chi connectivity index (χ0n) is 17.2. The number of nitrogens with two attached hydrogens (primary N) is 2. The molecule has 158 valence electrons. The lowest BCUT2D eigenvalue weighted by molar-refractivity contribution is 0.213. The first-order valence-corrected chi connectivity index (χ1v) is 12.0. The summed E-state index contributed by atoms with van der Waals surface area (Å²) in [5.41, 5.74) is 10.9. The predicted molar refractivity (Wildman–Crippen MR) is 118 cm³/mol. The van der Waals surface area contributed by atoms with Crippen molar-refractivity contribution in [3.05, 3.63) is 12.2 Å². The van der Waals surface area contributed by atoms with E-state index in [1.54, 1.807) is 6.34 Å². The summed E-state index contributed by atoms with van der Waals surface area (Å²) in [5.74, 6) is 0.757. The van der Waals surface area contributed by atoms with Gasteiger partial charge in [0.25, 0.3) is 0 Å². The Labute approximate surface area is 168 Å². The molecule has 0 saturated heterocycles. The van der Waals surface area contributed by atoms with Crippen LogP contribution in [0.2, 0.25) is 0 Å². The Morgan fingerprint density at radius 1 is 0.926 bits per heavy atom. The molecule has 0 aromatic heterocycles. The summed E-state index contributed by atoms with van der Waals surface area (Å²) in [6.45, 7) is 2.39. The van der Waals surface area contributed by atoms with Crippen molar-refractivity contribution in [2.24, 2.45) is 16.6 Å². The van der Waals surface area contributed by atoms with Crippen LogP contribution in [0.25, 0.3) is 0 Å². The number of hydrazone groups is 1. The highest BCUT2D eigenvalue weighted by Crippen LogP contribution is 2.17. The topological polar surface area (TPSA) is 88.0 Å². The SMILES string of the molecule is CN1C=NN(CCCCCN)C1S(=O)CCCCCC/C=C\CCCCN. The molecule has 7 heteroatoms. The van der Waals surface area contributed by atoms with Crippen LogP contribution in [0, 0.1) is 0 Å². The maximum atomic E-state index is 12.7. The minimum Gasteiger partial charge on any atom is -0.332 e. The molecule has 1 heterocycles. The largest absolute Gasteiger partial charge is 0.332 e. The number of nitrogens with zero attached hydrogens (tertiary/aromatic N) is 3.